The van der Waals surface area contributed by atoms with Gasteiger partial charge in [-0.05, 0) is 28.1 Å². The van der Waals surface area contributed by atoms with Crippen molar-refractivity contribution in [2.45, 2.75) is 12.8 Å². The van der Waals surface area contributed by atoms with Crippen molar-refractivity contribution in [3.8, 4) is 0 Å². The zero-order chi connectivity index (χ0) is 8.27. The van der Waals surface area contributed by atoms with Crippen molar-refractivity contribution in [1.82, 2.24) is 4.98 Å². The standard InChI is InChI=1S/C8H9BrFN/c1-6(5-10)7-3-2-4-8(9)11-7/h2-4,6H,5H2,1H3. The molecule has 0 radical (unpaired) electrons. The van der Waals surface area contributed by atoms with Crippen LogP contribution >= 0.6 is 15.9 Å². The molecule has 0 aliphatic heterocycles. The molecule has 0 aromatic carbocycles. The van der Waals surface area contributed by atoms with E-state index in [1.54, 1.807) is 0 Å². The fourth-order valence-corrected chi connectivity index (χ4v) is 1.13. The van der Waals surface area contributed by atoms with E-state index in [4.69, 9.17) is 0 Å². The van der Waals surface area contributed by atoms with Crippen molar-refractivity contribution in [2.24, 2.45) is 0 Å². The van der Waals surface area contributed by atoms with Crippen LogP contribution in [0.2, 0.25) is 0 Å². The normalized spacial score (nSPS) is 13.0. The molecule has 0 spiro atoms. The summed E-state index contributed by atoms with van der Waals surface area (Å²) < 4.78 is 12.9. The summed E-state index contributed by atoms with van der Waals surface area (Å²) in [5.74, 6) is -0.104. The van der Waals surface area contributed by atoms with E-state index in [2.05, 4.69) is 20.9 Å². The van der Waals surface area contributed by atoms with E-state index in [-0.39, 0.29) is 12.6 Å². The van der Waals surface area contributed by atoms with Crippen LogP contribution in [-0.2, 0) is 0 Å². The lowest BCUT2D eigenvalue weighted by Gasteiger charge is -2.04. The average Bonchev–Trinajstić information content (AvgIpc) is 2.03. The predicted octanol–water partition coefficient (Wildman–Crippen LogP) is 2.92. The molecule has 0 saturated heterocycles. The maximum atomic E-state index is 12.1. The minimum absolute atomic E-state index is 0.104. The van der Waals surface area contributed by atoms with E-state index in [1.807, 2.05) is 25.1 Å². The third-order valence-corrected chi connectivity index (χ3v) is 1.91. The molecular formula is C8H9BrFN. The maximum Gasteiger partial charge on any atom is 0.106 e. The summed E-state index contributed by atoms with van der Waals surface area (Å²) >= 11 is 3.23. The molecule has 1 heterocycles. The smallest absolute Gasteiger partial charge is 0.106 e. The Bertz CT molecular complexity index is 239. The van der Waals surface area contributed by atoms with Gasteiger partial charge in [-0.3, -0.25) is 4.39 Å². The summed E-state index contributed by atoms with van der Waals surface area (Å²) in [4.78, 5) is 4.12. The Kier molecular flexibility index (Phi) is 3.00. The van der Waals surface area contributed by atoms with Gasteiger partial charge < -0.3 is 0 Å². The van der Waals surface area contributed by atoms with Crippen LogP contribution in [0.5, 0.6) is 0 Å². The fraction of sp³-hybridized carbons (Fsp3) is 0.375. The molecule has 3 heteroatoms. The lowest BCUT2D eigenvalue weighted by Crippen LogP contribution is -1.98. The molecule has 0 amide bonds. The van der Waals surface area contributed by atoms with Crippen molar-refractivity contribution in [3.63, 3.8) is 0 Å². The SMILES string of the molecule is CC(CF)c1cccc(Br)n1. The van der Waals surface area contributed by atoms with Crippen LogP contribution in [0.4, 0.5) is 4.39 Å². The van der Waals surface area contributed by atoms with Crippen LogP contribution in [0.15, 0.2) is 22.8 Å². The van der Waals surface area contributed by atoms with Gasteiger partial charge in [-0.15, -0.1) is 0 Å². The van der Waals surface area contributed by atoms with Gasteiger partial charge in [0.2, 0.25) is 0 Å². The van der Waals surface area contributed by atoms with Crippen molar-refractivity contribution in [1.29, 1.82) is 0 Å². The molecule has 1 rings (SSSR count). The van der Waals surface area contributed by atoms with Crippen LogP contribution in [0.1, 0.15) is 18.5 Å². The van der Waals surface area contributed by atoms with Gasteiger partial charge in [-0.25, -0.2) is 4.98 Å². The molecule has 11 heavy (non-hydrogen) atoms. The van der Waals surface area contributed by atoms with Gasteiger partial charge in [0.25, 0.3) is 0 Å². The lowest BCUT2D eigenvalue weighted by molar-refractivity contribution is 0.442. The van der Waals surface area contributed by atoms with Crippen molar-refractivity contribution in [2.75, 3.05) is 6.67 Å². The Morgan fingerprint density at radius 1 is 1.64 bits per heavy atom. The Balaban J connectivity index is 2.86. The number of aromatic nitrogens is 1. The molecule has 0 fully saturated rings. The van der Waals surface area contributed by atoms with E-state index in [9.17, 15) is 4.39 Å². The summed E-state index contributed by atoms with van der Waals surface area (Å²) in [6.07, 6.45) is 0. The molecule has 0 saturated carbocycles. The highest BCUT2D eigenvalue weighted by Crippen LogP contribution is 2.15. The molecule has 1 nitrogen and oxygen atoms in total. The third kappa shape index (κ3) is 2.26. The number of pyridine rings is 1. The molecular weight excluding hydrogens is 209 g/mol. The van der Waals surface area contributed by atoms with Gasteiger partial charge in [-0.1, -0.05) is 13.0 Å². The molecule has 0 N–H and O–H groups in total. The van der Waals surface area contributed by atoms with Gasteiger partial charge in [-0.2, -0.15) is 0 Å². The second-order valence-electron chi connectivity index (χ2n) is 2.44. The Hall–Kier alpha value is -0.440. The first kappa shape index (κ1) is 8.65. The third-order valence-electron chi connectivity index (χ3n) is 1.47. The summed E-state index contributed by atoms with van der Waals surface area (Å²) in [6.45, 7) is 1.46. The van der Waals surface area contributed by atoms with Crippen LogP contribution in [0.25, 0.3) is 0 Å². The number of hydrogen-bond acceptors (Lipinski definition) is 1. The van der Waals surface area contributed by atoms with Gasteiger partial charge >= 0.3 is 0 Å². The number of halogens is 2. The second kappa shape index (κ2) is 3.81. The highest BCUT2D eigenvalue weighted by molar-refractivity contribution is 9.10. The van der Waals surface area contributed by atoms with Gasteiger partial charge in [0, 0.05) is 11.6 Å². The summed E-state index contributed by atoms with van der Waals surface area (Å²) in [5.41, 5.74) is 0.793. The van der Waals surface area contributed by atoms with E-state index >= 15 is 0 Å². The van der Waals surface area contributed by atoms with E-state index in [1.165, 1.54) is 0 Å². The predicted molar refractivity (Wildman–Crippen MR) is 46.3 cm³/mol. The number of rotatable bonds is 2. The summed E-state index contributed by atoms with van der Waals surface area (Å²) in [7, 11) is 0. The summed E-state index contributed by atoms with van der Waals surface area (Å²) in [6, 6.07) is 5.52. The minimum Gasteiger partial charge on any atom is -0.250 e. The molecule has 60 valence electrons. The first-order chi connectivity index (χ1) is 5.24. The van der Waals surface area contributed by atoms with Gasteiger partial charge in [0.1, 0.15) is 4.60 Å². The van der Waals surface area contributed by atoms with Gasteiger partial charge in [0.15, 0.2) is 0 Å². The summed E-state index contributed by atoms with van der Waals surface area (Å²) in [5, 5.41) is 0. The topological polar surface area (TPSA) is 12.9 Å². The van der Waals surface area contributed by atoms with Crippen molar-refractivity contribution < 1.29 is 4.39 Å². The van der Waals surface area contributed by atoms with E-state index in [0.29, 0.717) is 0 Å². The molecule has 1 aromatic rings. The van der Waals surface area contributed by atoms with Crippen LogP contribution in [-0.4, -0.2) is 11.7 Å². The Morgan fingerprint density at radius 2 is 2.36 bits per heavy atom. The zero-order valence-corrected chi connectivity index (χ0v) is 7.81. The highest BCUT2D eigenvalue weighted by atomic mass is 79.9. The maximum absolute atomic E-state index is 12.1. The monoisotopic (exact) mass is 217 g/mol. The van der Waals surface area contributed by atoms with E-state index < -0.39 is 0 Å². The lowest BCUT2D eigenvalue weighted by atomic mass is 10.1. The van der Waals surface area contributed by atoms with Crippen LogP contribution < -0.4 is 0 Å². The van der Waals surface area contributed by atoms with Gasteiger partial charge in [0.05, 0.1) is 6.67 Å². The molecule has 1 aromatic heterocycles. The average molecular weight is 218 g/mol. The minimum atomic E-state index is -0.358. The number of alkyl halides is 1. The van der Waals surface area contributed by atoms with Crippen molar-refractivity contribution in [3.05, 3.63) is 28.5 Å². The van der Waals surface area contributed by atoms with Crippen molar-refractivity contribution >= 4 is 15.9 Å². The first-order valence-corrected chi connectivity index (χ1v) is 4.21. The number of hydrogen-bond donors (Lipinski definition) is 0. The quantitative estimate of drug-likeness (QED) is 0.695. The molecule has 0 aliphatic rings. The second-order valence-corrected chi connectivity index (χ2v) is 3.25. The molecule has 1 unspecified atom stereocenters. The van der Waals surface area contributed by atoms with Crippen LogP contribution in [0, 0.1) is 0 Å². The molecule has 0 bridgehead atoms. The zero-order valence-electron chi connectivity index (χ0n) is 6.22. The van der Waals surface area contributed by atoms with Crippen LogP contribution in [0.3, 0.4) is 0 Å². The van der Waals surface area contributed by atoms with E-state index in [0.717, 1.165) is 10.3 Å². The molecule has 0 aliphatic carbocycles. The fourth-order valence-electron chi connectivity index (χ4n) is 0.777. The molecule has 1 atom stereocenters. The largest absolute Gasteiger partial charge is 0.250 e. The first-order valence-electron chi connectivity index (χ1n) is 3.42. The number of nitrogens with zero attached hydrogens (tertiary/aromatic N) is 1. The highest BCUT2D eigenvalue weighted by Gasteiger charge is 2.05. The Morgan fingerprint density at radius 3 is 2.91 bits per heavy atom. The Labute approximate surface area is 73.8 Å².